The molecule has 0 spiro atoms. The Hall–Kier alpha value is -1.92. The minimum absolute atomic E-state index is 0.151. The number of aliphatic carboxylic acids is 1. The number of carbonyl (C=O) groups is 2. The lowest BCUT2D eigenvalue weighted by Crippen LogP contribution is -2.44. The highest BCUT2D eigenvalue weighted by molar-refractivity contribution is 6.02. The first-order valence-corrected chi connectivity index (χ1v) is 6.34. The van der Waals surface area contributed by atoms with Crippen molar-refractivity contribution in [1.29, 1.82) is 0 Å². The van der Waals surface area contributed by atoms with Gasteiger partial charge in [0, 0.05) is 19.2 Å². The Morgan fingerprint density at radius 3 is 2.80 bits per heavy atom. The number of benzene rings is 1. The maximum absolute atomic E-state index is 12.2. The highest BCUT2D eigenvalue weighted by Gasteiger charge is 2.37. The summed E-state index contributed by atoms with van der Waals surface area (Å²) in [6, 6.07) is 6.36. The van der Waals surface area contributed by atoms with Crippen molar-refractivity contribution in [3.63, 3.8) is 0 Å². The Bertz CT molecular complexity index is 502. The van der Waals surface area contributed by atoms with Crippen LogP contribution in [0.25, 0.3) is 0 Å². The summed E-state index contributed by atoms with van der Waals surface area (Å²) < 4.78 is 10.0. The number of para-hydroxylation sites is 1. The number of hydrogen-bond acceptors (Lipinski definition) is 4. The summed E-state index contributed by atoms with van der Waals surface area (Å²) in [6.45, 7) is 0.545. The molecule has 1 aromatic rings. The molecule has 2 rings (SSSR count). The molecule has 0 aromatic heterocycles. The van der Waals surface area contributed by atoms with E-state index in [2.05, 4.69) is 0 Å². The predicted octanol–water partition coefficient (Wildman–Crippen LogP) is 0.692. The van der Waals surface area contributed by atoms with Crippen molar-refractivity contribution in [3.8, 4) is 0 Å². The fraction of sp³-hybridized carbons (Fsp3) is 0.429. The summed E-state index contributed by atoms with van der Waals surface area (Å²) >= 11 is 0. The summed E-state index contributed by atoms with van der Waals surface area (Å²) in [7, 11) is 1.54. The summed E-state index contributed by atoms with van der Waals surface area (Å²) in [5, 5.41) is 9.26. The third kappa shape index (κ3) is 2.97. The van der Waals surface area contributed by atoms with E-state index < -0.39 is 12.0 Å². The maximum Gasteiger partial charge on any atom is 0.327 e. The van der Waals surface area contributed by atoms with Gasteiger partial charge in [0.15, 0.2) is 0 Å². The number of carboxylic acid groups (broad SMARTS) is 1. The number of nitrogens with zero attached hydrogens (tertiary/aromatic N) is 1. The molecule has 0 unspecified atom stereocenters. The average molecular weight is 279 g/mol. The van der Waals surface area contributed by atoms with Gasteiger partial charge < -0.3 is 14.6 Å². The second-order valence-corrected chi connectivity index (χ2v) is 4.50. The molecule has 0 bridgehead atoms. The molecule has 108 valence electrons. The molecule has 6 heteroatoms. The quantitative estimate of drug-likeness (QED) is 0.775. The van der Waals surface area contributed by atoms with Crippen molar-refractivity contribution in [3.05, 3.63) is 29.8 Å². The Labute approximate surface area is 116 Å². The molecule has 1 amide bonds. The topological polar surface area (TPSA) is 76.1 Å². The second-order valence-electron chi connectivity index (χ2n) is 4.50. The first-order valence-electron chi connectivity index (χ1n) is 6.34. The smallest absolute Gasteiger partial charge is 0.327 e. The Kier molecular flexibility index (Phi) is 4.70. The molecule has 0 radical (unpaired) electrons. The Morgan fingerprint density at radius 1 is 1.35 bits per heavy atom. The third-order valence-electron chi connectivity index (χ3n) is 3.19. The van der Waals surface area contributed by atoms with Crippen LogP contribution in [0.4, 0.5) is 5.69 Å². The Balaban J connectivity index is 2.10. The van der Waals surface area contributed by atoms with Crippen molar-refractivity contribution in [2.75, 3.05) is 31.8 Å². The summed E-state index contributed by atoms with van der Waals surface area (Å²) in [6.07, 6.45) is 0.329. The zero-order valence-corrected chi connectivity index (χ0v) is 11.2. The highest BCUT2D eigenvalue weighted by Crippen LogP contribution is 2.32. The molecule has 1 heterocycles. The number of fused-ring (bicyclic) bond motifs is 1. The largest absolute Gasteiger partial charge is 0.480 e. The minimum Gasteiger partial charge on any atom is -0.480 e. The van der Waals surface area contributed by atoms with E-state index >= 15 is 0 Å². The van der Waals surface area contributed by atoms with E-state index in [1.165, 1.54) is 4.90 Å². The second kappa shape index (κ2) is 6.49. The van der Waals surface area contributed by atoms with Crippen LogP contribution in [0.1, 0.15) is 5.56 Å². The van der Waals surface area contributed by atoms with Crippen molar-refractivity contribution in [2.24, 2.45) is 0 Å². The van der Waals surface area contributed by atoms with E-state index in [1.54, 1.807) is 19.2 Å². The first kappa shape index (κ1) is 14.5. The van der Waals surface area contributed by atoms with Gasteiger partial charge in [0.2, 0.25) is 0 Å². The number of carbonyl (C=O) groups excluding carboxylic acids is 1. The lowest BCUT2D eigenvalue weighted by molar-refractivity contribution is -0.140. The molecule has 0 fully saturated rings. The zero-order chi connectivity index (χ0) is 14.5. The molecule has 1 atom stereocenters. The van der Waals surface area contributed by atoms with Gasteiger partial charge in [-0.15, -0.1) is 0 Å². The van der Waals surface area contributed by atoms with Gasteiger partial charge in [0.05, 0.1) is 13.2 Å². The van der Waals surface area contributed by atoms with Crippen LogP contribution in [-0.4, -0.2) is 50.0 Å². The van der Waals surface area contributed by atoms with Crippen LogP contribution in [0.3, 0.4) is 0 Å². The lowest BCUT2D eigenvalue weighted by atomic mass is 10.1. The molecule has 0 saturated heterocycles. The van der Waals surface area contributed by atoms with Crippen LogP contribution in [-0.2, 0) is 25.5 Å². The number of rotatable bonds is 6. The van der Waals surface area contributed by atoms with E-state index in [9.17, 15) is 14.7 Å². The van der Waals surface area contributed by atoms with Gasteiger partial charge >= 0.3 is 5.97 Å². The molecule has 1 aromatic carbocycles. The van der Waals surface area contributed by atoms with Crippen LogP contribution in [0.2, 0.25) is 0 Å². The fourth-order valence-corrected chi connectivity index (χ4v) is 2.26. The van der Waals surface area contributed by atoms with E-state index in [1.807, 2.05) is 12.1 Å². The first-order chi connectivity index (χ1) is 9.65. The average Bonchev–Trinajstić information content (AvgIpc) is 2.83. The van der Waals surface area contributed by atoms with Gasteiger partial charge in [-0.2, -0.15) is 0 Å². The number of amides is 1. The predicted molar refractivity (Wildman–Crippen MR) is 71.8 cm³/mol. The molecular weight excluding hydrogens is 262 g/mol. The van der Waals surface area contributed by atoms with E-state index in [0.29, 0.717) is 25.3 Å². The van der Waals surface area contributed by atoms with E-state index in [0.717, 1.165) is 5.56 Å². The van der Waals surface area contributed by atoms with Gasteiger partial charge in [-0.1, -0.05) is 18.2 Å². The number of methoxy groups -OCH3 is 1. The Morgan fingerprint density at radius 2 is 2.10 bits per heavy atom. The van der Waals surface area contributed by atoms with Crippen molar-refractivity contribution in [2.45, 2.75) is 12.5 Å². The van der Waals surface area contributed by atoms with Gasteiger partial charge in [-0.25, -0.2) is 4.79 Å². The number of anilines is 1. The summed E-state index contributed by atoms with van der Waals surface area (Å²) in [5.41, 5.74) is 1.52. The molecule has 1 aliphatic heterocycles. The molecular formula is C14H17NO5. The van der Waals surface area contributed by atoms with Crippen molar-refractivity contribution in [1.82, 2.24) is 0 Å². The van der Waals surface area contributed by atoms with Crippen LogP contribution >= 0.6 is 0 Å². The molecule has 6 nitrogen and oxygen atoms in total. The van der Waals surface area contributed by atoms with Gasteiger partial charge in [-0.3, -0.25) is 9.69 Å². The van der Waals surface area contributed by atoms with Crippen LogP contribution in [0.5, 0.6) is 0 Å². The van der Waals surface area contributed by atoms with Crippen LogP contribution < -0.4 is 4.90 Å². The highest BCUT2D eigenvalue weighted by atomic mass is 16.5. The summed E-state index contributed by atoms with van der Waals surface area (Å²) in [5.74, 6) is -1.36. The van der Waals surface area contributed by atoms with Crippen LogP contribution in [0.15, 0.2) is 24.3 Å². The molecule has 1 aliphatic rings. The third-order valence-corrected chi connectivity index (χ3v) is 3.19. The monoisotopic (exact) mass is 279 g/mol. The number of carboxylic acids is 1. The molecule has 1 N–H and O–H groups in total. The van der Waals surface area contributed by atoms with Gasteiger partial charge in [0.1, 0.15) is 12.6 Å². The molecule has 20 heavy (non-hydrogen) atoms. The zero-order valence-electron chi connectivity index (χ0n) is 11.2. The van der Waals surface area contributed by atoms with E-state index in [-0.39, 0.29) is 12.5 Å². The van der Waals surface area contributed by atoms with Gasteiger partial charge in [0.25, 0.3) is 5.91 Å². The lowest BCUT2D eigenvalue weighted by Gasteiger charge is -2.22. The number of ether oxygens (including phenoxy) is 2. The van der Waals surface area contributed by atoms with E-state index in [4.69, 9.17) is 9.47 Å². The standard InChI is InChI=1S/C14H17NO5/c1-19-6-7-20-9-13(16)15-11-5-3-2-4-10(11)8-12(15)14(17)18/h2-5,12H,6-9H2,1H3,(H,17,18)/t12-/m0/s1. The van der Waals surface area contributed by atoms with Crippen molar-refractivity contribution < 1.29 is 24.2 Å². The number of hydrogen-bond donors (Lipinski definition) is 1. The summed E-state index contributed by atoms with van der Waals surface area (Å²) in [4.78, 5) is 24.8. The van der Waals surface area contributed by atoms with Crippen molar-refractivity contribution >= 4 is 17.6 Å². The maximum atomic E-state index is 12.2. The molecule has 0 saturated carbocycles. The minimum atomic E-state index is -1.01. The van der Waals surface area contributed by atoms with Crippen LogP contribution in [0, 0.1) is 0 Å². The van der Waals surface area contributed by atoms with Gasteiger partial charge in [-0.05, 0) is 11.6 Å². The fourth-order valence-electron chi connectivity index (χ4n) is 2.26. The normalized spacial score (nSPS) is 17.1. The SMILES string of the molecule is COCCOCC(=O)N1c2ccccc2C[C@H]1C(=O)O. The molecule has 0 aliphatic carbocycles.